The minimum Gasteiger partial charge on any atom is -0.395 e. The Hall–Kier alpha value is -2.15. The zero-order valence-electron chi connectivity index (χ0n) is 12.2. The van der Waals surface area contributed by atoms with Crippen molar-refractivity contribution in [2.45, 2.75) is 31.1 Å². The van der Waals surface area contributed by atoms with Gasteiger partial charge in [0, 0.05) is 11.7 Å². The Morgan fingerprint density at radius 2 is 2.26 bits per heavy atom. The normalized spacial score (nSPS) is 24.3. The maximum Gasteiger partial charge on any atom is 0.417 e. The van der Waals surface area contributed by atoms with Crippen LogP contribution in [0.2, 0.25) is 0 Å². The first-order valence-corrected chi connectivity index (χ1v) is 6.76. The van der Waals surface area contributed by atoms with Crippen molar-refractivity contribution in [3.05, 3.63) is 29.3 Å². The van der Waals surface area contributed by atoms with Crippen molar-refractivity contribution in [1.82, 2.24) is 10.9 Å². The van der Waals surface area contributed by atoms with E-state index in [1.807, 2.05) is 0 Å². The number of carbonyl (C=O) groups excluding carboxylic acids is 1. The van der Waals surface area contributed by atoms with Gasteiger partial charge < -0.3 is 10.4 Å². The first kappa shape index (κ1) is 17.2. The lowest BCUT2D eigenvalue weighted by atomic mass is 9.95. The molecule has 1 aromatic rings. The van der Waals surface area contributed by atoms with Crippen LogP contribution in [0.3, 0.4) is 0 Å². The Morgan fingerprint density at radius 1 is 1.57 bits per heavy atom. The first-order valence-electron chi connectivity index (χ1n) is 6.76. The van der Waals surface area contributed by atoms with Crippen molar-refractivity contribution >= 4 is 11.6 Å². The summed E-state index contributed by atoms with van der Waals surface area (Å²) < 4.78 is 38.7. The first-order chi connectivity index (χ1) is 10.7. The Kier molecular flexibility index (Phi) is 4.61. The molecule has 1 aliphatic heterocycles. The second-order valence-electron chi connectivity index (χ2n) is 5.51. The highest BCUT2D eigenvalue weighted by Crippen LogP contribution is 2.33. The van der Waals surface area contributed by atoms with E-state index < -0.39 is 28.7 Å². The van der Waals surface area contributed by atoms with E-state index in [1.54, 1.807) is 6.92 Å². The third-order valence-corrected chi connectivity index (χ3v) is 3.63. The molecular formula is C14H15F3N4O2. The molecule has 2 atom stereocenters. The number of aliphatic hydroxyl groups excluding tert-OH is 1. The number of hydrazine groups is 1. The SMILES string of the molecule is CC1(C(=O)Nc2ccc(C#N)c(C(F)(F)F)c2)CC(CO)NN1. The molecule has 2 rings (SSSR count). The number of aliphatic hydroxyl groups is 1. The Labute approximate surface area is 130 Å². The van der Waals surface area contributed by atoms with Crippen LogP contribution < -0.4 is 16.2 Å². The summed E-state index contributed by atoms with van der Waals surface area (Å²) in [6.45, 7) is 1.39. The van der Waals surface area contributed by atoms with E-state index >= 15 is 0 Å². The standard InChI is InChI=1S/C14H15F3N4O2/c1-13(5-10(7-22)20-21-13)12(23)19-9-3-2-8(6-18)11(4-9)14(15,16)17/h2-4,10,20-22H,5,7H2,1H3,(H,19,23). The predicted octanol–water partition coefficient (Wildman–Crippen LogP) is 1.13. The highest BCUT2D eigenvalue weighted by Gasteiger charge is 2.41. The van der Waals surface area contributed by atoms with Gasteiger partial charge in [-0.25, -0.2) is 5.43 Å². The molecule has 1 aromatic carbocycles. The molecule has 23 heavy (non-hydrogen) atoms. The maximum absolute atomic E-state index is 12.9. The van der Waals surface area contributed by atoms with Crippen molar-refractivity contribution in [3.63, 3.8) is 0 Å². The average Bonchev–Trinajstić information content (AvgIpc) is 2.89. The molecule has 1 aliphatic rings. The van der Waals surface area contributed by atoms with Crippen molar-refractivity contribution in [3.8, 4) is 6.07 Å². The number of hydrogen-bond donors (Lipinski definition) is 4. The van der Waals surface area contributed by atoms with E-state index in [4.69, 9.17) is 10.4 Å². The van der Waals surface area contributed by atoms with Crippen LogP contribution in [-0.2, 0) is 11.0 Å². The molecule has 0 aromatic heterocycles. The molecule has 0 aliphatic carbocycles. The molecule has 0 saturated carbocycles. The van der Waals surface area contributed by atoms with Gasteiger partial charge in [0.05, 0.1) is 23.8 Å². The van der Waals surface area contributed by atoms with Crippen molar-refractivity contribution < 1.29 is 23.1 Å². The highest BCUT2D eigenvalue weighted by atomic mass is 19.4. The molecule has 0 radical (unpaired) electrons. The molecule has 124 valence electrons. The Balaban J connectivity index is 2.21. The van der Waals surface area contributed by atoms with Crippen LogP contribution in [0.5, 0.6) is 0 Å². The summed E-state index contributed by atoms with van der Waals surface area (Å²) in [4.78, 5) is 12.3. The number of hydrogen-bond acceptors (Lipinski definition) is 5. The van der Waals surface area contributed by atoms with Gasteiger partial charge in [0.1, 0.15) is 5.54 Å². The molecule has 6 nitrogen and oxygen atoms in total. The third kappa shape index (κ3) is 3.61. The molecule has 0 spiro atoms. The van der Waals surface area contributed by atoms with E-state index in [1.165, 1.54) is 12.1 Å². The molecule has 1 amide bonds. The van der Waals surface area contributed by atoms with E-state index in [0.717, 1.165) is 12.1 Å². The smallest absolute Gasteiger partial charge is 0.395 e. The number of benzene rings is 1. The molecule has 4 N–H and O–H groups in total. The fraction of sp³-hybridized carbons (Fsp3) is 0.429. The molecular weight excluding hydrogens is 313 g/mol. The summed E-state index contributed by atoms with van der Waals surface area (Å²) >= 11 is 0. The third-order valence-electron chi connectivity index (χ3n) is 3.63. The van der Waals surface area contributed by atoms with Crippen molar-refractivity contribution in [2.24, 2.45) is 0 Å². The average molecular weight is 328 g/mol. The monoisotopic (exact) mass is 328 g/mol. The summed E-state index contributed by atoms with van der Waals surface area (Å²) in [6.07, 6.45) is -4.41. The van der Waals surface area contributed by atoms with Gasteiger partial charge in [-0.15, -0.1) is 0 Å². The van der Waals surface area contributed by atoms with Gasteiger partial charge in [0.2, 0.25) is 5.91 Å². The number of rotatable bonds is 3. The number of halogens is 3. The Morgan fingerprint density at radius 3 is 2.78 bits per heavy atom. The zero-order valence-corrected chi connectivity index (χ0v) is 12.2. The predicted molar refractivity (Wildman–Crippen MR) is 75.0 cm³/mol. The second-order valence-corrected chi connectivity index (χ2v) is 5.51. The number of nitrogens with one attached hydrogen (secondary N) is 3. The van der Waals surface area contributed by atoms with Crippen molar-refractivity contribution in [2.75, 3.05) is 11.9 Å². The lowest BCUT2D eigenvalue weighted by molar-refractivity contribution is -0.137. The molecule has 0 bridgehead atoms. The van der Waals surface area contributed by atoms with Crippen LogP contribution in [0.25, 0.3) is 0 Å². The molecule has 9 heteroatoms. The van der Waals surface area contributed by atoms with Crippen LogP contribution in [0.15, 0.2) is 18.2 Å². The minimum atomic E-state index is -4.69. The van der Waals surface area contributed by atoms with E-state index in [2.05, 4.69) is 16.2 Å². The summed E-state index contributed by atoms with van der Waals surface area (Å²) in [5.74, 6) is -0.543. The van der Waals surface area contributed by atoms with Gasteiger partial charge in [-0.1, -0.05) is 0 Å². The Bertz CT molecular complexity index is 656. The fourth-order valence-corrected chi connectivity index (χ4v) is 2.34. The van der Waals surface area contributed by atoms with E-state index in [0.29, 0.717) is 0 Å². The van der Waals surface area contributed by atoms with Crippen LogP contribution in [0.4, 0.5) is 18.9 Å². The summed E-state index contributed by atoms with van der Waals surface area (Å²) in [7, 11) is 0. The van der Waals surface area contributed by atoms with Gasteiger partial charge in [-0.3, -0.25) is 10.2 Å². The number of nitrogens with zero attached hydrogens (tertiary/aromatic N) is 1. The van der Waals surface area contributed by atoms with Crippen molar-refractivity contribution in [1.29, 1.82) is 5.26 Å². The maximum atomic E-state index is 12.9. The van der Waals surface area contributed by atoms with Crippen LogP contribution >= 0.6 is 0 Å². The molecule has 1 saturated heterocycles. The topological polar surface area (TPSA) is 97.2 Å². The number of alkyl halides is 3. The number of anilines is 1. The molecule has 1 fully saturated rings. The van der Waals surface area contributed by atoms with E-state index in [-0.39, 0.29) is 24.8 Å². The van der Waals surface area contributed by atoms with Crippen LogP contribution in [0.1, 0.15) is 24.5 Å². The van der Waals surface area contributed by atoms with Crippen LogP contribution in [-0.4, -0.2) is 29.2 Å². The zero-order chi connectivity index (χ0) is 17.3. The summed E-state index contributed by atoms with van der Waals surface area (Å²) in [6, 6.07) is 4.13. The summed E-state index contributed by atoms with van der Waals surface area (Å²) in [5, 5.41) is 20.2. The summed E-state index contributed by atoms with van der Waals surface area (Å²) in [5.41, 5.74) is 2.72. The molecule has 2 unspecified atom stereocenters. The van der Waals surface area contributed by atoms with Gasteiger partial charge in [0.15, 0.2) is 0 Å². The van der Waals surface area contributed by atoms with Crippen LogP contribution in [0, 0.1) is 11.3 Å². The second kappa shape index (κ2) is 6.16. The van der Waals surface area contributed by atoms with Gasteiger partial charge in [0.25, 0.3) is 0 Å². The lowest BCUT2D eigenvalue weighted by Crippen LogP contribution is -2.50. The minimum absolute atomic E-state index is 0.0585. The number of carbonyl (C=O) groups is 1. The lowest BCUT2D eigenvalue weighted by Gasteiger charge is -2.22. The van der Waals surface area contributed by atoms with Gasteiger partial charge in [-0.2, -0.15) is 18.4 Å². The quantitative estimate of drug-likeness (QED) is 0.667. The highest BCUT2D eigenvalue weighted by molar-refractivity contribution is 5.98. The van der Waals surface area contributed by atoms with E-state index in [9.17, 15) is 18.0 Å². The molecule has 1 heterocycles. The van der Waals surface area contributed by atoms with Gasteiger partial charge >= 0.3 is 6.18 Å². The fourth-order valence-electron chi connectivity index (χ4n) is 2.34. The number of nitriles is 1. The van der Waals surface area contributed by atoms with Gasteiger partial charge in [-0.05, 0) is 31.5 Å². The number of amides is 1. The largest absolute Gasteiger partial charge is 0.417 e.